The maximum Gasteiger partial charge on any atom is 0.257 e. The maximum atomic E-state index is 5.31. The number of aromatic nitrogens is 3. The third kappa shape index (κ3) is 6.28. The first kappa shape index (κ1) is 24.2. The summed E-state index contributed by atoms with van der Waals surface area (Å²) in [5.74, 6) is 2.26. The maximum absolute atomic E-state index is 5.31. The number of piperazine rings is 1. The number of nitrogens with one attached hydrogen (secondary N) is 1. The van der Waals surface area contributed by atoms with Crippen molar-refractivity contribution in [1.82, 2.24) is 30.4 Å². The van der Waals surface area contributed by atoms with Gasteiger partial charge < -0.3 is 19.3 Å². The van der Waals surface area contributed by atoms with Crippen molar-refractivity contribution in [2.24, 2.45) is 4.99 Å². The highest BCUT2D eigenvalue weighted by molar-refractivity contribution is 14.0. The Morgan fingerprint density at radius 1 is 1.09 bits per heavy atom. The highest BCUT2D eigenvalue weighted by atomic mass is 127. The molecule has 1 aliphatic rings. The summed E-state index contributed by atoms with van der Waals surface area (Å²) in [6.07, 6.45) is 3.30. The molecule has 10 heteroatoms. The molecule has 0 radical (unpaired) electrons. The van der Waals surface area contributed by atoms with Crippen LogP contribution in [-0.4, -0.2) is 70.8 Å². The molecule has 0 atom stereocenters. The van der Waals surface area contributed by atoms with Crippen LogP contribution in [0.4, 0.5) is 0 Å². The van der Waals surface area contributed by atoms with E-state index in [1.54, 1.807) is 6.26 Å². The number of rotatable bonds is 7. The molecule has 1 fully saturated rings. The molecule has 0 spiro atoms. The third-order valence-corrected chi connectivity index (χ3v) is 5.44. The van der Waals surface area contributed by atoms with Gasteiger partial charge in [0.05, 0.1) is 5.69 Å². The number of hydrogen-bond donors (Lipinski definition) is 1. The smallest absolute Gasteiger partial charge is 0.257 e. The lowest BCUT2D eigenvalue weighted by Gasteiger charge is -2.36. The molecule has 4 rings (SSSR count). The minimum absolute atomic E-state index is 0. The summed E-state index contributed by atoms with van der Waals surface area (Å²) < 4.78 is 10.2. The molecule has 0 amide bonds. The number of aryl methyl sites for hydroxylation is 1. The van der Waals surface area contributed by atoms with Gasteiger partial charge in [-0.05, 0) is 24.1 Å². The van der Waals surface area contributed by atoms with E-state index < -0.39 is 0 Å². The van der Waals surface area contributed by atoms with Crippen molar-refractivity contribution in [3.05, 3.63) is 53.7 Å². The number of benzene rings is 1. The van der Waals surface area contributed by atoms with E-state index in [1.807, 2.05) is 32.2 Å². The Hall–Kier alpha value is -2.47. The summed E-state index contributed by atoms with van der Waals surface area (Å²) in [4.78, 5) is 13.5. The van der Waals surface area contributed by atoms with Gasteiger partial charge in [0.1, 0.15) is 6.26 Å². The fourth-order valence-corrected chi connectivity index (χ4v) is 3.65. The van der Waals surface area contributed by atoms with Crippen molar-refractivity contribution in [3.63, 3.8) is 0 Å². The van der Waals surface area contributed by atoms with Crippen LogP contribution >= 0.6 is 24.0 Å². The fourth-order valence-electron chi connectivity index (χ4n) is 3.65. The van der Waals surface area contributed by atoms with Crippen LogP contribution in [0.25, 0.3) is 11.5 Å². The van der Waals surface area contributed by atoms with Gasteiger partial charge in [-0.1, -0.05) is 29.4 Å². The molecule has 0 bridgehead atoms. The molecular formula is C22H30IN7O2. The Kier molecular flexibility index (Phi) is 9.03. The van der Waals surface area contributed by atoms with Crippen molar-refractivity contribution in [2.45, 2.75) is 26.3 Å². The Bertz CT molecular complexity index is 965. The molecule has 2 aromatic heterocycles. The normalized spacial score (nSPS) is 14.9. The van der Waals surface area contributed by atoms with Crippen molar-refractivity contribution < 1.29 is 9.05 Å². The summed E-state index contributed by atoms with van der Waals surface area (Å²) in [6.45, 7) is 7.50. The van der Waals surface area contributed by atoms with E-state index in [0.717, 1.165) is 75.2 Å². The van der Waals surface area contributed by atoms with Crippen molar-refractivity contribution in [2.75, 3.05) is 39.8 Å². The average Bonchev–Trinajstić information content (AvgIpc) is 3.50. The number of guanidine groups is 1. The van der Waals surface area contributed by atoms with Crippen LogP contribution in [0.3, 0.4) is 0 Å². The molecule has 0 unspecified atom stereocenters. The van der Waals surface area contributed by atoms with Gasteiger partial charge in [0, 0.05) is 64.4 Å². The molecule has 0 saturated carbocycles. The molecule has 32 heavy (non-hydrogen) atoms. The van der Waals surface area contributed by atoms with Crippen LogP contribution in [0.5, 0.6) is 0 Å². The summed E-state index contributed by atoms with van der Waals surface area (Å²) in [5, 5.41) is 11.4. The molecule has 0 aliphatic carbocycles. The monoisotopic (exact) mass is 551 g/mol. The lowest BCUT2D eigenvalue weighted by molar-refractivity contribution is 0.169. The minimum Gasteiger partial charge on any atom is -0.364 e. The van der Waals surface area contributed by atoms with Gasteiger partial charge in [0.25, 0.3) is 5.89 Å². The van der Waals surface area contributed by atoms with E-state index in [-0.39, 0.29) is 24.0 Å². The van der Waals surface area contributed by atoms with Gasteiger partial charge in [-0.25, -0.2) is 0 Å². The van der Waals surface area contributed by atoms with Crippen LogP contribution < -0.4 is 5.32 Å². The highest BCUT2D eigenvalue weighted by Crippen LogP contribution is 2.18. The van der Waals surface area contributed by atoms with Gasteiger partial charge in [-0.3, -0.25) is 9.89 Å². The average molecular weight is 551 g/mol. The van der Waals surface area contributed by atoms with Crippen LogP contribution in [0.15, 0.2) is 50.6 Å². The van der Waals surface area contributed by atoms with Crippen LogP contribution in [0, 0.1) is 0 Å². The Morgan fingerprint density at radius 2 is 1.88 bits per heavy atom. The Morgan fingerprint density at radius 3 is 2.50 bits per heavy atom. The van der Waals surface area contributed by atoms with E-state index in [9.17, 15) is 0 Å². The van der Waals surface area contributed by atoms with Gasteiger partial charge in [-0.2, -0.15) is 4.98 Å². The molecule has 1 saturated heterocycles. The summed E-state index contributed by atoms with van der Waals surface area (Å²) >= 11 is 0. The topological polar surface area (TPSA) is 95.8 Å². The number of halogens is 1. The lowest BCUT2D eigenvalue weighted by atomic mass is 10.1. The zero-order chi connectivity index (χ0) is 21.5. The van der Waals surface area contributed by atoms with Crippen LogP contribution in [-0.2, 0) is 19.4 Å². The zero-order valence-electron chi connectivity index (χ0n) is 18.5. The predicted octanol–water partition coefficient (Wildman–Crippen LogP) is 2.84. The van der Waals surface area contributed by atoms with Crippen molar-refractivity contribution in [3.8, 4) is 11.5 Å². The van der Waals surface area contributed by atoms with Gasteiger partial charge in [0.2, 0.25) is 0 Å². The fraction of sp³-hybridized carbons (Fsp3) is 0.455. The standard InChI is InChI=1S/C22H29N7O2.HI/c1-3-20-25-21(31-27-20)18-6-4-17(5-7-18)8-10-24-22(23-2)29-13-11-28(12-14-29)16-19-9-15-30-26-19;/h4-7,9,15H,3,8,10-14,16H2,1-2H3,(H,23,24);1H. The van der Waals surface area contributed by atoms with E-state index in [4.69, 9.17) is 9.05 Å². The second kappa shape index (κ2) is 12.0. The van der Waals surface area contributed by atoms with Gasteiger partial charge in [0.15, 0.2) is 11.8 Å². The molecule has 1 aromatic carbocycles. The third-order valence-electron chi connectivity index (χ3n) is 5.44. The van der Waals surface area contributed by atoms with E-state index in [2.05, 4.69) is 47.5 Å². The Balaban J connectivity index is 0.00000289. The molecule has 3 aromatic rings. The van der Waals surface area contributed by atoms with E-state index >= 15 is 0 Å². The molecular weight excluding hydrogens is 521 g/mol. The SMILES string of the molecule is CCc1noc(-c2ccc(CCNC(=NC)N3CCN(Cc4ccon4)CC3)cc2)n1.I. The highest BCUT2D eigenvalue weighted by Gasteiger charge is 2.20. The second-order valence-corrected chi connectivity index (χ2v) is 7.54. The molecule has 172 valence electrons. The summed E-state index contributed by atoms with van der Waals surface area (Å²) in [7, 11) is 1.84. The quantitative estimate of drug-likeness (QED) is 0.272. The molecule has 3 heterocycles. The molecule has 9 nitrogen and oxygen atoms in total. The minimum atomic E-state index is 0. The van der Waals surface area contributed by atoms with Crippen LogP contribution in [0.2, 0.25) is 0 Å². The Labute approximate surface area is 205 Å². The molecule has 1 N–H and O–H groups in total. The first-order valence-corrected chi connectivity index (χ1v) is 10.7. The summed E-state index contributed by atoms with van der Waals surface area (Å²) in [5.41, 5.74) is 3.18. The van der Waals surface area contributed by atoms with Gasteiger partial charge >= 0.3 is 0 Å². The largest absolute Gasteiger partial charge is 0.364 e. The number of nitrogens with zero attached hydrogens (tertiary/aromatic N) is 6. The summed E-state index contributed by atoms with van der Waals surface area (Å²) in [6, 6.07) is 10.2. The van der Waals surface area contributed by atoms with E-state index in [0.29, 0.717) is 5.89 Å². The molecule has 1 aliphatic heterocycles. The van der Waals surface area contributed by atoms with Crippen molar-refractivity contribution >= 4 is 29.9 Å². The van der Waals surface area contributed by atoms with Crippen molar-refractivity contribution in [1.29, 1.82) is 0 Å². The first-order valence-electron chi connectivity index (χ1n) is 10.7. The van der Waals surface area contributed by atoms with Gasteiger partial charge in [-0.15, -0.1) is 24.0 Å². The lowest BCUT2D eigenvalue weighted by Crippen LogP contribution is -2.52. The van der Waals surface area contributed by atoms with E-state index in [1.165, 1.54) is 5.56 Å². The second-order valence-electron chi connectivity index (χ2n) is 7.54. The number of hydrogen-bond acceptors (Lipinski definition) is 7. The predicted molar refractivity (Wildman–Crippen MR) is 133 cm³/mol. The number of aliphatic imine (C=N–C) groups is 1. The van der Waals surface area contributed by atoms with Crippen LogP contribution in [0.1, 0.15) is 24.0 Å². The zero-order valence-corrected chi connectivity index (χ0v) is 20.9. The first-order chi connectivity index (χ1) is 15.2.